The molecule has 4 nitrogen and oxygen atoms in total. The van der Waals surface area contributed by atoms with E-state index < -0.39 is 5.97 Å². The molecular formula is C14H11BrN2O2. The van der Waals surface area contributed by atoms with E-state index in [4.69, 9.17) is 5.11 Å². The van der Waals surface area contributed by atoms with Gasteiger partial charge in [-0.05, 0) is 35.9 Å². The zero-order chi connectivity index (χ0) is 13.7. The van der Waals surface area contributed by atoms with Gasteiger partial charge in [-0.15, -0.1) is 0 Å². The fourth-order valence-corrected chi connectivity index (χ4v) is 1.72. The molecule has 0 spiro atoms. The maximum atomic E-state index is 10.8. The Hall–Kier alpha value is -2.14. The highest BCUT2D eigenvalue weighted by Gasteiger charge is 2.01. The van der Waals surface area contributed by atoms with Gasteiger partial charge < -0.3 is 5.11 Å². The molecule has 0 aliphatic carbocycles. The Labute approximate surface area is 118 Å². The number of carboxylic acid groups (broad SMARTS) is 1. The Morgan fingerprint density at radius 2 is 1.95 bits per heavy atom. The first-order valence-electron chi connectivity index (χ1n) is 5.53. The van der Waals surface area contributed by atoms with E-state index in [-0.39, 0.29) is 5.56 Å². The second-order valence-corrected chi connectivity index (χ2v) is 4.72. The average molecular weight is 319 g/mol. The molecule has 19 heavy (non-hydrogen) atoms. The van der Waals surface area contributed by atoms with E-state index in [1.165, 1.54) is 12.1 Å². The largest absolute Gasteiger partial charge is 0.478 e. The summed E-state index contributed by atoms with van der Waals surface area (Å²) in [6.45, 7) is 0. The van der Waals surface area contributed by atoms with Crippen LogP contribution in [-0.2, 0) is 0 Å². The average Bonchev–Trinajstić information content (AvgIpc) is 2.41. The Bertz CT molecular complexity index is 609. The number of hydrogen-bond acceptors (Lipinski definition) is 3. The third-order valence-corrected chi connectivity index (χ3v) is 2.92. The highest BCUT2D eigenvalue weighted by Crippen LogP contribution is 2.11. The number of carbonyl (C=O) groups is 1. The summed E-state index contributed by atoms with van der Waals surface area (Å²) in [5, 5.41) is 12.9. The lowest BCUT2D eigenvalue weighted by Gasteiger charge is -2.01. The van der Waals surface area contributed by atoms with Crippen LogP contribution < -0.4 is 5.43 Å². The Balaban J connectivity index is 2.04. The Morgan fingerprint density at radius 1 is 1.21 bits per heavy atom. The van der Waals surface area contributed by atoms with Crippen molar-refractivity contribution in [2.24, 2.45) is 5.10 Å². The second-order valence-electron chi connectivity index (χ2n) is 3.81. The minimum atomic E-state index is -0.958. The predicted molar refractivity (Wildman–Crippen MR) is 78.8 cm³/mol. The minimum Gasteiger partial charge on any atom is -0.478 e. The van der Waals surface area contributed by atoms with E-state index >= 15 is 0 Å². The van der Waals surface area contributed by atoms with Gasteiger partial charge in [0.05, 0.1) is 17.5 Å². The van der Waals surface area contributed by atoms with Gasteiger partial charge in [0, 0.05) is 4.47 Å². The van der Waals surface area contributed by atoms with Gasteiger partial charge in [-0.2, -0.15) is 5.10 Å². The summed E-state index contributed by atoms with van der Waals surface area (Å²) in [4.78, 5) is 10.8. The molecule has 0 fully saturated rings. The summed E-state index contributed by atoms with van der Waals surface area (Å²) in [6.07, 6.45) is 1.67. The van der Waals surface area contributed by atoms with Gasteiger partial charge in [-0.3, -0.25) is 5.43 Å². The number of rotatable bonds is 4. The van der Waals surface area contributed by atoms with Gasteiger partial charge in [-0.25, -0.2) is 4.79 Å². The standard InChI is InChI=1S/C14H11BrN2O2/c15-12-6-4-10(5-7-12)9-16-17-13-3-1-2-11(8-13)14(18)19/h1-9,17H,(H,18,19)/b16-9-. The highest BCUT2D eigenvalue weighted by atomic mass is 79.9. The van der Waals surface area contributed by atoms with Gasteiger partial charge >= 0.3 is 5.97 Å². The molecule has 2 rings (SSSR count). The van der Waals surface area contributed by atoms with Gasteiger partial charge in [-0.1, -0.05) is 34.1 Å². The van der Waals surface area contributed by atoms with Crippen molar-refractivity contribution in [1.29, 1.82) is 0 Å². The van der Waals surface area contributed by atoms with E-state index in [9.17, 15) is 4.79 Å². The molecule has 0 aliphatic rings. The smallest absolute Gasteiger partial charge is 0.335 e. The number of hydrogen-bond donors (Lipinski definition) is 2. The van der Waals surface area contributed by atoms with Gasteiger partial charge in [0.15, 0.2) is 0 Å². The predicted octanol–water partition coefficient (Wildman–Crippen LogP) is 3.59. The minimum absolute atomic E-state index is 0.226. The number of carboxylic acids is 1. The number of benzene rings is 2. The zero-order valence-corrected chi connectivity index (χ0v) is 11.5. The van der Waals surface area contributed by atoms with Crippen LogP contribution in [0.3, 0.4) is 0 Å². The molecule has 0 saturated carbocycles. The number of nitrogens with one attached hydrogen (secondary N) is 1. The number of hydrazone groups is 1. The Kier molecular flexibility index (Phi) is 4.30. The molecule has 0 saturated heterocycles. The maximum absolute atomic E-state index is 10.8. The quantitative estimate of drug-likeness (QED) is 0.669. The lowest BCUT2D eigenvalue weighted by Crippen LogP contribution is -1.97. The van der Waals surface area contributed by atoms with Crippen LogP contribution in [0.5, 0.6) is 0 Å². The molecular weight excluding hydrogens is 308 g/mol. The van der Waals surface area contributed by atoms with Crippen molar-refractivity contribution in [2.45, 2.75) is 0 Å². The van der Waals surface area contributed by atoms with Crippen molar-refractivity contribution in [3.63, 3.8) is 0 Å². The van der Waals surface area contributed by atoms with Crippen LogP contribution in [0.2, 0.25) is 0 Å². The van der Waals surface area contributed by atoms with Crippen molar-refractivity contribution in [3.8, 4) is 0 Å². The first-order chi connectivity index (χ1) is 9.15. The van der Waals surface area contributed by atoms with E-state index in [2.05, 4.69) is 26.5 Å². The molecule has 5 heteroatoms. The molecule has 0 atom stereocenters. The maximum Gasteiger partial charge on any atom is 0.335 e. The third kappa shape index (κ3) is 3.93. The van der Waals surface area contributed by atoms with Crippen molar-refractivity contribution in [2.75, 3.05) is 5.43 Å². The van der Waals surface area contributed by atoms with Gasteiger partial charge in [0.1, 0.15) is 0 Å². The molecule has 0 radical (unpaired) electrons. The molecule has 96 valence electrons. The van der Waals surface area contributed by atoms with Crippen molar-refractivity contribution >= 4 is 33.8 Å². The summed E-state index contributed by atoms with van der Waals surface area (Å²) < 4.78 is 1.01. The van der Waals surface area contributed by atoms with Crippen molar-refractivity contribution < 1.29 is 9.90 Å². The second kappa shape index (κ2) is 6.15. The number of aromatic carboxylic acids is 1. The van der Waals surface area contributed by atoms with Gasteiger partial charge in [0.2, 0.25) is 0 Å². The molecule has 2 aromatic rings. The summed E-state index contributed by atoms with van der Waals surface area (Å²) in [7, 11) is 0. The topological polar surface area (TPSA) is 61.7 Å². The van der Waals surface area contributed by atoms with Crippen LogP contribution in [-0.4, -0.2) is 17.3 Å². The van der Waals surface area contributed by atoms with Crippen LogP contribution in [0.15, 0.2) is 58.1 Å². The van der Waals surface area contributed by atoms with E-state index in [1.54, 1.807) is 18.3 Å². The number of anilines is 1. The van der Waals surface area contributed by atoms with Crippen molar-refractivity contribution in [1.82, 2.24) is 0 Å². The van der Waals surface area contributed by atoms with Crippen LogP contribution in [0.1, 0.15) is 15.9 Å². The van der Waals surface area contributed by atoms with E-state index in [0.29, 0.717) is 5.69 Å². The highest BCUT2D eigenvalue weighted by molar-refractivity contribution is 9.10. The van der Waals surface area contributed by atoms with Crippen LogP contribution in [0.4, 0.5) is 5.69 Å². The molecule has 2 aromatic carbocycles. The lowest BCUT2D eigenvalue weighted by atomic mass is 10.2. The molecule has 2 N–H and O–H groups in total. The molecule has 0 aliphatic heterocycles. The fourth-order valence-electron chi connectivity index (χ4n) is 1.45. The molecule has 0 amide bonds. The van der Waals surface area contributed by atoms with E-state index in [1.807, 2.05) is 24.3 Å². The normalized spacial score (nSPS) is 10.6. The van der Waals surface area contributed by atoms with Crippen LogP contribution in [0, 0.1) is 0 Å². The van der Waals surface area contributed by atoms with Crippen LogP contribution in [0.25, 0.3) is 0 Å². The first-order valence-corrected chi connectivity index (χ1v) is 6.32. The SMILES string of the molecule is O=C(O)c1cccc(N/N=C\c2ccc(Br)cc2)c1. The van der Waals surface area contributed by atoms with Gasteiger partial charge in [0.25, 0.3) is 0 Å². The molecule has 0 bridgehead atoms. The summed E-state index contributed by atoms with van der Waals surface area (Å²) in [5.74, 6) is -0.958. The first kappa shape index (κ1) is 13.3. The number of halogens is 1. The van der Waals surface area contributed by atoms with Crippen LogP contribution >= 0.6 is 15.9 Å². The third-order valence-electron chi connectivity index (χ3n) is 2.39. The monoisotopic (exact) mass is 318 g/mol. The Morgan fingerprint density at radius 3 is 2.63 bits per heavy atom. The molecule has 0 aromatic heterocycles. The fraction of sp³-hybridized carbons (Fsp3) is 0. The number of nitrogens with zero attached hydrogens (tertiary/aromatic N) is 1. The lowest BCUT2D eigenvalue weighted by molar-refractivity contribution is 0.0697. The van der Waals surface area contributed by atoms with E-state index in [0.717, 1.165) is 10.0 Å². The zero-order valence-electron chi connectivity index (χ0n) is 9.88. The summed E-state index contributed by atoms with van der Waals surface area (Å²) >= 11 is 3.36. The summed E-state index contributed by atoms with van der Waals surface area (Å²) in [5.41, 5.74) is 4.60. The summed E-state index contributed by atoms with van der Waals surface area (Å²) in [6, 6.07) is 14.2. The molecule has 0 unspecified atom stereocenters. The van der Waals surface area contributed by atoms with Crippen molar-refractivity contribution in [3.05, 3.63) is 64.1 Å². The molecule has 0 heterocycles.